The number of thiophene rings is 2. The monoisotopic (exact) mass is 357 g/mol. The first-order chi connectivity index (χ1) is 9.16. The van der Waals surface area contributed by atoms with Crippen LogP contribution in [0.2, 0.25) is 0 Å². The number of alkyl halides is 1. The van der Waals surface area contributed by atoms with Gasteiger partial charge in [0, 0.05) is 27.3 Å². The Hall–Kier alpha value is -0.390. The zero-order chi connectivity index (χ0) is 13.4. The van der Waals surface area contributed by atoms with E-state index in [0.717, 1.165) is 11.3 Å². The Balaban J connectivity index is 1.80. The molecule has 5 heteroatoms. The molecule has 0 aromatic carbocycles. The Bertz CT molecular complexity index is 563. The van der Waals surface area contributed by atoms with Crippen LogP contribution in [0.5, 0.6) is 0 Å². The molecular formula is C14H16BrNOS2. The van der Waals surface area contributed by atoms with Gasteiger partial charge in [-0.1, -0.05) is 28.8 Å². The number of carbonyl (C=O) groups is 1. The van der Waals surface area contributed by atoms with Gasteiger partial charge in [-0.15, -0.1) is 22.7 Å². The normalized spacial score (nSPS) is 23.7. The van der Waals surface area contributed by atoms with E-state index in [0.29, 0.717) is 10.9 Å². The molecule has 2 atom stereocenters. The highest BCUT2D eigenvalue weighted by Crippen LogP contribution is 2.33. The lowest BCUT2D eigenvalue weighted by Crippen LogP contribution is -2.43. The van der Waals surface area contributed by atoms with Crippen molar-refractivity contribution in [1.82, 2.24) is 4.90 Å². The predicted octanol–water partition coefficient (Wildman–Crippen LogP) is 4.74. The van der Waals surface area contributed by atoms with Gasteiger partial charge in [0.2, 0.25) is 0 Å². The van der Waals surface area contributed by atoms with Crippen LogP contribution < -0.4 is 0 Å². The number of amides is 1. The van der Waals surface area contributed by atoms with Gasteiger partial charge >= 0.3 is 0 Å². The summed E-state index contributed by atoms with van der Waals surface area (Å²) in [7, 11) is 1.94. The fourth-order valence-corrected chi connectivity index (χ4v) is 5.73. The van der Waals surface area contributed by atoms with Crippen molar-refractivity contribution in [3.8, 4) is 0 Å². The molecule has 0 aliphatic heterocycles. The van der Waals surface area contributed by atoms with Crippen LogP contribution in [-0.4, -0.2) is 28.7 Å². The summed E-state index contributed by atoms with van der Waals surface area (Å²) in [5.41, 5.74) is 0. The van der Waals surface area contributed by atoms with Crippen LogP contribution in [0.15, 0.2) is 17.5 Å². The molecule has 2 aromatic rings. The van der Waals surface area contributed by atoms with Crippen molar-refractivity contribution in [3.05, 3.63) is 22.4 Å². The van der Waals surface area contributed by atoms with Crippen molar-refractivity contribution in [2.75, 3.05) is 7.05 Å². The molecule has 102 valence electrons. The molecule has 3 rings (SSSR count). The number of carbonyl (C=O) groups excluding carboxylic acids is 1. The molecule has 19 heavy (non-hydrogen) atoms. The Morgan fingerprint density at radius 2 is 2.16 bits per heavy atom. The summed E-state index contributed by atoms with van der Waals surface area (Å²) in [6.45, 7) is 0. The van der Waals surface area contributed by atoms with Crippen LogP contribution in [0.25, 0.3) is 9.40 Å². The second kappa shape index (κ2) is 5.54. The molecule has 1 amide bonds. The SMILES string of the molecule is CN(C(=O)c1cc2sccc2s1)C1CCCCC1Br. The van der Waals surface area contributed by atoms with Gasteiger partial charge in [-0.2, -0.15) is 0 Å². The lowest BCUT2D eigenvalue weighted by atomic mass is 9.94. The highest BCUT2D eigenvalue weighted by Gasteiger charge is 2.30. The summed E-state index contributed by atoms with van der Waals surface area (Å²) in [4.78, 5) is 15.8. The minimum atomic E-state index is 0.171. The Morgan fingerprint density at radius 3 is 2.89 bits per heavy atom. The van der Waals surface area contributed by atoms with Crippen LogP contribution >= 0.6 is 38.6 Å². The van der Waals surface area contributed by atoms with Gasteiger partial charge in [-0.25, -0.2) is 0 Å². The molecule has 2 aromatic heterocycles. The number of fused-ring (bicyclic) bond motifs is 1. The van der Waals surface area contributed by atoms with Gasteiger partial charge < -0.3 is 4.90 Å². The third kappa shape index (κ3) is 2.60. The van der Waals surface area contributed by atoms with E-state index in [1.165, 1.54) is 28.7 Å². The van der Waals surface area contributed by atoms with Crippen molar-refractivity contribution in [3.63, 3.8) is 0 Å². The van der Waals surface area contributed by atoms with Gasteiger partial charge in [0.15, 0.2) is 0 Å². The third-order valence-corrected chi connectivity index (χ3v) is 6.96. The van der Waals surface area contributed by atoms with Gasteiger partial charge in [0.1, 0.15) is 0 Å². The lowest BCUT2D eigenvalue weighted by Gasteiger charge is -2.34. The highest BCUT2D eigenvalue weighted by atomic mass is 79.9. The van der Waals surface area contributed by atoms with Crippen LogP contribution in [0.1, 0.15) is 35.4 Å². The van der Waals surface area contributed by atoms with Crippen LogP contribution in [0.3, 0.4) is 0 Å². The maximum atomic E-state index is 12.6. The summed E-state index contributed by atoms with van der Waals surface area (Å²) in [5, 5.41) is 2.08. The molecule has 0 bridgehead atoms. The summed E-state index contributed by atoms with van der Waals surface area (Å²) >= 11 is 7.05. The largest absolute Gasteiger partial charge is 0.337 e. The average molecular weight is 358 g/mol. The number of rotatable bonds is 2. The van der Waals surface area contributed by atoms with E-state index in [4.69, 9.17) is 0 Å². The van der Waals surface area contributed by atoms with E-state index in [1.54, 1.807) is 22.7 Å². The Kier molecular flexibility index (Phi) is 3.96. The maximum absolute atomic E-state index is 12.6. The molecular weight excluding hydrogens is 342 g/mol. The quantitative estimate of drug-likeness (QED) is 0.710. The number of hydrogen-bond acceptors (Lipinski definition) is 3. The molecule has 0 radical (unpaired) electrons. The second-order valence-electron chi connectivity index (χ2n) is 5.04. The molecule has 1 fully saturated rings. The van der Waals surface area contributed by atoms with Crippen LogP contribution in [-0.2, 0) is 0 Å². The zero-order valence-electron chi connectivity index (χ0n) is 10.8. The van der Waals surface area contributed by atoms with Gasteiger partial charge in [-0.3, -0.25) is 4.79 Å². The molecule has 2 unspecified atom stereocenters. The molecule has 0 N–H and O–H groups in total. The van der Waals surface area contributed by atoms with E-state index in [2.05, 4.69) is 27.4 Å². The fourth-order valence-electron chi connectivity index (χ4n) is 2.70. The standard InChI is InChI=1S/C14H16BrNOS2/c1-16(10-5-3-2-4-9(10)15)14(17)13-8-12-11(19-13)6-7-18-12/h6-10H,2-5H2,1H3. The molecule has 0 saturated heterocycles. The lowest BCUT2D eigenvalue weighted by molar-refractivity contribution is 0.0710. The van der Waals surface area contributed by atoms with Gasteiger partial charge in [-0.05, 0) is 30.4 Å². The summed E-state index contributed by atoms with van der Waals surface area (Å²) in [6, 6.07) is 4.46. The van der Waals surface area contributed by atoms with E-state index in [9.17, 15) is 4.79 Å². The molecule has 1 aliphatic carbocycles. The molecule has 1 saturated carbocycles. The van der Waals surface area contributed by atoms with Crippen molar-refractivity contribution in [2.24, 2.45) is 0 Å². The zero-order valence-corrected chi connectivity index (χ0v) is 14.0. The summed E-state index contributed by atoms with van der Waals surface area (Å²) in [6.07, 6.45) is 4.77. The minimum Gasteiger partial charge on any atom is -0.337 e. The molecule has 0 spiro atoms. The fraction of sp³-hybridized carbons (Fsp3) is 0.500. The van der Waals surface area contributed by atoms with Crippen LogP contribution in [0.4, 0.5) is 0 Å². The smallest absolute Gasteiger partial charge is 0.264 e. The molecule has 2 heterocycles. The maximum Gasteiger partial charge on any atom is 0.264 e. The summed E-state index contributed by atoms with van der Waals surface area (Å²) in [5.74, 6) is 0.171. The highest BCUT2D eigenvalue weighted by molar-refractivity contribution is 9.09. The average Bonchev–Trinajstić information content (AvgIpc) is 2.98. The number of hydrogen-bond donors (Lipinski definition) is 0. The first kappa shape index (κ1) is 13.6. The number of halogens is 1. The first-order valence-electron chi connectivity index (χ1n) is 6.55. The minimum absolute atomic E-state index is 0.171. The van der Waals surface area contributed by atoms with Crippen LogP contribution in [0, 0.1) is 0 Å². The van der Waals surface area contributed by atoms with Crippen molar-refractivity contribution >= 4 is 53.9 Å². The Labute approximate surface area is 129 Å². The van der Waals surface area contributed by atoms with Gasteiger partial charge in [0.25, 0.3) is 5.91 Å². The van der Waals surface area contributed by atoms with E-state index >= 15 is 0 Å². The van der Waals surface area contributed by atoms with Crippen molar-refractivity contribution < 1.29 is 4.79 Å². The topological polar surface area (TPSA) is 20.3 Å². The van der Waals surface area contributed by atoms with Gasteiger partial charge in [0.05, 0.1) is 4.88 Å². The number of nitrogens with zero attached hydrogens (tertiary/aromatic N) is 1. The van der Waals surface area contributed by atoms with Crippen molar-refractivity contribution in [2.45, 2.75) is 36.6 Å². The molecule has 2 nitrogen and oxygen atoms in total. The summed E-state index contributed by atoms with van der Waals surface area (Å²) < 4.78 is 2.45. The van der Waals surface area contributed by atoms with E-state index < -0.39 is 0 Å². The van der Waals surface area contributed by atoms with Crippen molar-refractivity contribution in [1.29, 1.82) is 0 Å². The predicted molar refractivity (Wildman–Crippen MR) is 86.8 cm³/mol. The Morgan fingerprint density at radius 1 is 1.37 bits per heavy atom. The third-order valence-electron chi connectivity index (χ3n) is 3.82. The second-order valence-corrected chi connectivity index (χ2v) is 8.25. The van der Waals surface area contributed by atoms with E-state index in [1.807, 2.05) is 18.0 Å². The molecule has 1 aliphatic rings. The van der Waals surface area contributed by atoms with E-state index in [-0.39, 0.29) is 5.91 Å². The first-order valence-corrected chi connectivity index (χ1v) is 9.16.